The first-order valence-electron chi connectivity index (χ1n) is 8.67. The van der Waals surface area contributed by atoms with Crippen LogP contribution in [0.5, 0.6) is 0 Å². The van der Waals surface area contributed by atoms with Crippen molar-refractivity contribution >= 4 is 23.2 Å². The van der Waals surface area contributed by atoms with Crippen molar-refractivity contribution in [2.75, 3.05) is 32.7 Å². The summed E-state index contributed by atoms with van der Waals surface area (Å²) < 4.78 is 12.9. The molecule has 3 rings (SSSR count). The Bertz CT molecular complexity index is 734. The molecule has 26 heavy (non-hydrogen) atoms. The van der Waals surface area contributed by atoms with Crippen LogP contribution in [0.2, 0.25) is 0 Å². The molecule has 2 aromatic rings. The highest BCUT2D eigenvalue weighted by molar-refractivity contribution is 7.08. The predicted molar refractivity (Wildman–Crippen MR) is 99.5 cm³/mol. The number of nitrogens with zero attached hydrogens (tertiary/aromatic N) is 2. The summed E-state index contributed by atoms with van der Waals surface area (Å²) in [6.45, 7) is 3.50. The van der Waals surface area contributed by atoms with Crippen molar-refractivity contribution in [3.05, 3.63) is 58.0 Å². The van der Waals surface area contributed by atoms with Crippen LogP contribution >= 0.6 is 11.3 Å². The molecule has 138 valence electrons. The molecule has 0 spiro atoms. The number of carbonyl (C=O) groups excluding carboxylic acids is 2. The highest BCUT2D eigenvalue weighted by Crippen LogP contribution is 2.12. The maximum Gasteiger partial charge on any atom is 0.254 e. The summed E-state index contributed by atoms with van der Waals surface area (Å²) >= 11 is 1.52. The first-order chi connectivity index (χ1) is 12.6. The lowest BCUT2D eigenvalue weighted by molar-refractivity contribution is -0.122. The summed E-state index contributed by atoms with van der Waals surface area (Å²) in [5, 5.41) is 6.63. The standard InChI is InChI=1S/C19H22FN3O2S/c20-17-4-2-15(3-5-17)12-21-18(24)13-22-7-1-8-23(10-9-22)19(25)16-6-11-26-14-16/h2-6,11,14H,1,7-10,12-13H2,(H,21,24). The highest BCUT2D eigenvalue weighted by Gasteiger charge is 2.21. The minimum absolute atomic E-state index is 0.0630. The normalized spacial score (nSPS) is 15.5. The molecule has 2 amide bonds. The van der Waals surface area contributed by atoms with Crippen LogP contribution in [0.1, 0.15) is 22.3 Å². The second-order valence-electron chi connectivity index (χ2n) is 6.34. The largest absolute Gasteiger partial charge is 0.351 e. The number of amides is 2. The zero-order valence-corrected chi connectivity index (χ0v) is 15.3. The van der Waals surface area contributed by atoms with Crippen LogP contribution in [0, 0.1) is 5.82 Å². The van der Waals surface area contributed by atoms with Gasteiger partial charge in [-0.25, -0.2) is 4.39 Å². The summed E-state index contributed by atoms with van der Waals surface area (Å²) in [5.74, 6) is -0.285. The summed E-state index contributed by atoms with van der Waals surface area (Å²) in [7, 11) is 0. The summed E-state index contributed by atoms with van der Waals surface area (Å²) in [4.78, 5) is 28.5. The van der Waals surface area contributed by atoms with E-state index in [-0.39, 0.29) is 17.6 Å². The van der Waals surface area contributed by atoms with Gasteiger partial charge < -0.3 is 10.2 Å². The average molecular weight is 375 g/mol. The van der Waals surface area contributed by atoms with Gasteiger partial charge in [-0.2, -0.15) is 11.3 Å². The number of hydrogen-bond acceptors (Lipinski definition) is 4. The van der Waals surface area contributed by atoms with Gasteiger partial charge in [-0.15, -0.1) is 0 Å². The van der Waals surface area contributed by atoms with Gasteiger partial charge in [-0.05, 0) is 35.6 Å². The van der Waals surface area contributed by atoms with E-state index < -0.39 is 0 Å². The summed E-state index contributed by atoms with van der Waals surface area (Å²) in [6, 6.07) is 7.94. The van der Waals surface area contributed by atoms with E-state index in [1.165, 1.54) is 23.5 Å². The van der Waals surface area contributed by atoms with E-state index in [1.807, 2.05) is 21.7 Å². The molecule has 1 aromatic heterocycles. The van der Waals surface area contributed by atoms with Gasteiger partial charge in [0.05, 0.1) is 12.1 Å². The van der Waals surface area contributed by atoms with Crippen molar-refractivity contribution in [2.24, 2.45) is 0 Å². The van der Waals surface area contributed by atoms with Crippen LogP contribution in [0.15, 0.2) is 41.1 Å². The molecule has 1 aliphatic rings. The van der Waals surface area contributed by atoms with E-state index in [0.29, 0.717) is 32.7 Å². The Hall–Kier alpha value is -2.25. The van der Waals surface area contributed by atoms with Gasteiger partial charge in [-0.1, -0.05) is 12.1 Å². The lowest BCUT2D eigenvalue weighted by Gasteiger charge is -2.21. The quantitative estimate of drug-likeness (QED) is 0.873. The van der Waals surface area contributed by atoms with Gasteiger partial charge in [0, 0.05) is 38.1 Å². The van der Waals surface area contributed by atoms with Crippen molar-refractivity contribution in [2.45, 2.75) is 13.0 Å². The number of halogens is 1. The number of thiophene rings is 1. The van der Waals surface area contributed by atoms with Gasteiger partial charge in [0.15, 0.2) is 0 Å². The maximum absolute atomic E-state index is 12.9. The Morgan fingerprint density at radius 3 is 2.62 bits per heavy atom. The van der Waals surface area contributed by atoms with E-state index in [0.717, 1.165) is 24.1 Å². The Labute approximate surface area is 156 Å². The summed E-state index contributed by atoms with van der Waals surface area (Å²) in [6.07, 6.45) is 0.848. The lowest BCUT2D eigenvalue weighted by Crippen LogP contribution is -2.39. The monoisotopic (exact) mass is 375 g/mol. The molecule has 0 unspecified atom stereocenters. The Kier molecular flexibility index (Phi) is 6.35. The lowest BCUT2D eigenvalue weighted by atomic mass is 10.2. The maximum atomic E-state index is 12.9. The van der Waals surface area contributed by atoms with Crippen molar-refractivity contribution < 1.29 is 14.0 Å². The Morgan fingerprint density at radius 1 is 1.08 bits per heavy atom. The molecular weight excluding hydrogens is 353 g/mol. The molecule has 0 aliphatic carbocycles. The minimum atomic E-state index is -0.286. The Morgan fingerprint density at radius 2 is 1.88 bits per heavy atom. The molecule has 0 saturated carbocycles. The molecular formula is C19H22FN3O2S. The van der Waals surface area contributed by atoms with E-state index in [9.17, 15) is 14.0 Å². The van der Waals surface area contributed by atoms with Crippen LogP contribution in [0.4, 0.5) is 4.39 Å². The molecule has 1 aliphatic heterocycles. The van der Waals surface area contributed by atoms with Crippen LogP contribution in [0.3, 0.4) is 0 Å². The van der Waals surface area contributed by atoms with E-state index >= 15 is 0 Å². The van der Waals surface area contributed by atoms with Crippen molar-refractivity contribution in [1.82, 2.24) is 15.1 Å². The van der Waals surface area contributed by atoms with Crippen molar-refractivity contribution in [1.29, 1.82) is 0 Å². The van der Waals surface area contributed by atoms with Crippen molar-refractivity contribution in [3.63, 3.8) is 0 Å². The SMILES string of the molecule is O=C(CN1CCCN(C(=O)c2ccsc2)CC1)NCc1ccc(F)cc1. The number of rotatable bonds is 5. The molecule has 1 fully saturated rings. The fourth-order valence-electron chi connectivity index (χ4n) is 2.96. The zero-order chi connectivity index (χ0) is 18.4. The molecule has 1 aromatic carbocycles. The van der Waals surface area contributed by atoms with Gasteiger partial charge >= 0.3 is 0 Å². The summed E-state index contributed by atoms with van der Waals surface area (Å²) in [5.41, 5.74) is 1.60. The molecule has 1 N–H and O–H groups in total. The number of benzene rings is 1. The Balaban J connectivity index is 1.44. The number of carbonyl (C=O) groups is 2. The van der Waals surface area contributed by atoms with Crippen LogP contribution in [0.25, 0.3) is 0 Å². The third kappa shape index (κ3) is 5.12. The third-order valence-electron chi connectivity index (χ3n) is 4.41. The second kappa shape index (κ2) is 8.91. The minimum Gasteiger partial charge on any atom is -0.351 e. The molecule has 0 radical (unpaired) electrons. The molecule has 2 heterocycles. The van der Waals surface area contributed by atoms with Gasteiger partial charge in [-0.3, -0.25) is 14.5 Å². The molecule has 7 heteroatoms. The van der Waals surface area contributed by atoms with E-state index in [4.69, 9.17) is 0 Å². The smallest absolute Gasteiger partial charge is 0.254 e. The van der Waals surface area contributed by atoms with Crippen LogP contribution in [-0.2, 0) is 11.3 Å². The number of hydrogen-bond donors (Lipinski definition) is 1. The van der Waals surface area contributed by atoms with Gasteiger partial charge in [0.2, 0.25) is 5.91 Å². The first kappa shape index (κ1) is 18.5. The van der Waals surface area contributed by atoms with Gasteiger partial charge in [0.1, 0.15) is 5.82 Å². The predicted octanol–water partition coefficient (Wildman–Crippen LogP) is 2.35. The third-order valence-corrected chi connectivity index (χ3v) is 5.10. The zero-order valence-electron chi connectivity index (χ0n) is 14.5. The van der Waals surface area contributed by atoms with E-state index in [2.05, 4.69) is 10.2 Å². The molecule has 0 bridgehead atoms. The second-order valence-corrected chi connectivity index (χ2v) is 7.12. The van der Waals surface area contributed by atoms with Crippen LogP contribution < -0.4 is 5.32 Å². The first-order valence-corrected chi connectivity index (χ1v) is 9.61. The molecule has 5 nitrogen and oxygen atoms in total. The van der Waals surface area contributed by atoms with Gasteiger partial charge in [0.25, 0.3) is 5.91 Å². The van der Waals surface area contributed by atoms with E-state index in [1.54, 1.807) is 12.1 Å². The molecule has 0 atom stereocenters. The molecule has 1 saturated heterocycles. The fourth-order valence-corrected chi connectivity index (χ4v) is 3.59. The van der Waals surface area contributed by atoms with Crippen molar-refractivity contribution in [3.8, 4) is 0 Å². The fraction of sp³-hybridized carbons (Fsp3) is 0.368. The average Bonchev–Trinajstić information content (AvgIpc) is 3.08. The van der Waals surface area contributed by atoms with Crippen LogP contribution in [-0.4, -0.2) is 54.3 Å². The topological polar surface area (TPSA) is 52.7 Å². The number of nitrogens with one attached hydrogen (secondary N) is 1. The highest BCUT2D eigenvalue weighted by atomic mass is 32.1.